The number of amides is 2. The van der Waals surface area contributed by atoms with Crippen LogP contribution in [0.4, 0.5) is 15.6 Å². The normalized spacial score (nSPS) is 11.3. The number of benzene rings is 2. The number of rotatable bonds is 8. The molecule has 0 atom stereocenters. The van der Waals surface area contributed by atoms with E-state index in [4.69, 9.17) is 0 Å². The summed E-state index contributed by atoms with van der Waals surface area (Å²) in [5.41, 5.74) is 3.18. The van der Waals surface area contributed by atoms with Gasteiger partial charge in [-0.25, -0.2) is 22.9 Å². The molecule has 2 aromatic carbocycles. The van der Waals surface area contributed by atoms with Gasteiger partial charge in [-0.2, -0.15) is 0 Å². The minimum atomic E-state index is -3.64. The van der Waals surface area contributed by atoms with Crippen molar-refractivity contribution in [3.05, 3.63) is 60.3 Å². The van der Waals surface area contributed by atoms with Crippen LogP contribution in [-0.4, -0.2) is 32.5 Å². The zero-order valence-electron chi connectivity index (χ0n) is 17.8. The number of thiazole rings is 1. The summed E-state index contributed by atoms with van der Waals surface area (Å²) in [6, 6.07) is 17.2. The molecule has 0 saturated carbocycles. The SMILES string of the molecule is CCCN(C(=O)Nc1ccc(-c2ccccc2)cc1)c1nc(C)c(S(=O)(=O)NCC)s1. The third-order valence-corrected chi connectivity index (χ3v) is 7.82. The van der Waals surface area contributed by atoms with Gasteiger partial charge in [0.15, 0.2) is 9.34 Å². The summed E-state index contributed by atoms with van der Waals surface area (Å²) in [7, 11) is -3.64. The van der Waals surface area contributed by atoms with Crippen LogP contribution in [0.2, 0.25) is 0 Å². The van der Waals surface area contributed by atoms with Crippen LogP contribution < -0.4 is 14.9 Å². The number of aryl methyl sites for hydroxylation is 1. The van der Waals surface area contributed by atoms with Crippen LogP contribution in [-0.2, 0) is 10.0 Å². The van der Waals surface area contributed by atoms with Crippen LogP contribution in [0.15, 0.2) is 58.8 Å². The molecule has 0 fully saturated rings. The van der Waals surface area contributed by atoms with E-state index in [-0.39, 0.29) is 16.8 Å². The number of nitrogens with zero attached hydrogens (tertiary/aromatic N) is 2. The maximum atomic E-state index is 13.0. The highest BCUT2D eigenvalue weighted by Gasteiger charge is 2.25. The number of anilines is 2. The van der Waals surface area contributed by atoms with Gasteiger partial charge in [0.25, 0.3) is 10.0 Å². The summed E-state index contributed by atoms with van der Waals surface area (Å²) in [5.74, 6) is 0. The molecule has 0 radical (unpaired) electrons. The van der Waals surface area contributed by atoms with Crippen molar-refractivity contribution in [2.75, 3.05) is 23.3 Å². The highest BCUT2D eigenvalue weighted by atomic mass is 32.2. The second kappa shape index (κ2) is 10.0. The van der Waals surface area contributed by atoms with E-state index in [9.17, 15) is 13.2 Å². The molecule has 0 bridgehead atoms. The van der Waals surface area contributed by atoms with Gasteiger partial charge in [-0.05, 0) is 36.6 Å². The van der Waals surface area contributed by atoms with Gasteiger partial charge in [-0.3, -0.25) is 4.90 Å². The zero-order chi connectivity index (χ0) is 22.4. The zero-order valence-corrected chi connectivity index (χ0v) is 19.4. The Bertz CT molecular complexity index is 1130. The van der Waals surface area contributed by atoms with Gasteiger partial charge in [0.1, 0.15) is 0 Å². The lowest BCUT2D eigenvalue weighted by Crippen LogP contribution is -2.35. The van der Waals surface area contributed by atoms with Crippen molar-refractivity contribution in [3.63, 3.8) is 0 Å². The van der Waals surface area contributed by atoms with Crippen LogP contribution in [0, 0.1) is 6.92 Å². The summed E-state index contributed by atoms with van der Waals surface area (Å²) < 4.78 is 27.4. The van der Waals surface area contributed by atoms with Crippen molar-refractivity contribution in [1.29, 1.82) is 0 Å². The lowest BCUT2D eigenvalue weighted by molar-refractivity contribution is 0.257. The molecule has 1 heterocycles. The largest absolute Gasteiger partial charge is 0.328 e. The molecule has 0 aliphatic carbocycles. The van der Waals surface area contributed by atoms with Crippen LogP contribution in [0.25, 0.3) is 11.1 Å². The number of nitrogens with one attached hydrogen (secondary N) is 2. The Morgan fingerprint density at radius 2 is 1.68 bits per heavy atom. The highest BCUT2D eigenvalue weighted by molar-refractivity contribution is 7.91. The smallest absolute Gasteiger partial charge is 0.307 e. The van der Waals surface area contributed by atoms with E-state index in [0.717, 1.165) is 22.5 Å². The molecule has 9 heteroatoms. The predicted octanol–water partition coefficient (Wildman–Crippen LogP) is 4.87. The number of aromatic nitrogens is 1. The molecular formula is C22H26N4O3S2. The van der Waals surface area contributed by atoms with Crippen molar-refractivity contribution in [2.45, 2.75) is 31.4 Å². The maximum absolute atomic E-state index is 13.0. The van der Waals surface area contributed by atoms with Crippen molar-refractivity contribution < 1.29 is 13.2 Å². The molecule has 3 aromatic rings. The molecular weight excluding hydrogens is 432 g/mol. The molecule has 0 saturated heterocycles. The first-order valence-corrected chi connectivity index (χ1v) is 12.4. The van der Waals surface area contributed by atoms with E-state index in [1.165, 1.54) is 4.90 Å². The molecule has 164 valence electrons. The van der Waals surface area contributed by atoms with E-state index in [0.29, 0.717) is 29.5 Å². The minimum absolute atomic E-state index is 0.130. The van der Waals surface area contributed by atoms with Gasteiger partial charge in [0, 0.05) is 18.8 Å². The van der Waals surface area contributed by atoms with Crippen molar-refractivity contribution in [3.8, 4) is 11.1 Å². The lowest BCUT2D eigenvalue weighted by Gasteiger charge is -2.19. The molecule has 0 spiro atoms. The Balaban J connectivity index is 1.80. The number of carbonyl (C=O) groups excluding carboxylic acids is 1. The molecule has 2 amide bonds. The number of sulfonamides is 1. The average molecular weight is 459 g/mol. The first kappa shape index (κ1) is 22.9. The Labute approximate surface area is 187 Å². The average Bonchev–Trinajstić information content (AvgIpc) is 3.15. The molecule has 31 heavy (non-hydrogen) atoms. The van der Waals surface area contributed by atoms with Crippen LogP contribution >= 0.6 is 11.3 Å². The molecule has 1 aromatic heterocycles. The highest BCUT2D eigenvalue weighted by Crippen LogP contribution is 2.30. The van der Waals surface area contributed by atoms with Gasteiger partial charge >= 0.3 is 6.03 Å². The number of urea groups is 1. The molecule has 2 N–H and O–H groups in total. The first-order valence-electron chi connectivity index (χ1n) is 10.1. The molecule has 0 aliphatic heterocycles. The second-order valence-corrected chi connectivity index (χ2v) is 9.84. The fourth-order valence-electron chi connectivity index (χ4n) is 3.06. The number of hydrogen-bond donors (Lipinski definition) is 2. The summed E-state index contributed by atoms with van der Waals surface area (Å²) in [6.07, 6.45) is 0.703. The van der Waals surface area contributed by atoms with Crippen LogP contribution in [0.3, 0.4) is 0 Å². The van der Waals surface area contributed by atoms with E-state index in [2.05, 4.69) is 15.0 Å². The molecule has 0 unspecified atom stereocenters. The molecule has 0 aliphatic rings. The van der Waals surface area contributed by atoms with Gasteiger partial charge < -0.3 is 5.32 Å². The Hall–Kier alpha value is -2.75. The van der Waals surface area contributed by atoms with Crippen molar-refractivity contribution in [1.82, 2.24) is 9.71 Å². The topological polar surface area (TPSA) is 91.4 Å². The summed E-state index contributed by atoms with van der Waals surface area (Å²) >= 11 is 0.997. The Morgan fingerprint density at radius 1 is 1.03 bits per heavy atom. The van der Waals surface area contributed by atoms with Crippen LogP contribution in [0.1, 0.15) is 26.0 Å². The van der Waals surface area contributed by atoms with E-state index in [1.807, 2.05) is 61.5 Å². The first-order chi connectivity index (χ1) is 14.9. The summed E-state index contributed by atoms with van der Waals surface area (Å²) in [6.45, 7) is 6.00. The standard InChI is InChI=1S/C22H26N4O3S2/c1-4-15-26(22-24-16(3)20(30-22)31(28,29)23-5-2)21(27)25-19-13-11-18(12-14-19)17-9-7-6-8-10-17/h6-14,23H,4-5,15H2,1-3H3,(H,25,27). The van der Waals surface area contributed by atoms with E-state index < -0.39 is 10.0 Å². The third-order valence-electron chi connectivity index (χ3n) is 4.49. The number of carbonyl (C=O) groups is 1. The minimum Gasteiger partial charge on any atom is -0.307 e. The number of hydrogen-bond acceptors (Lipinski definition) is 5. The van der Waals surface area contributed by atoms with Gasteiger partial charge in [0.05, 0.1) is 5.69 Å². The molecule has 3 rings (SSSR count). The van der Waals surface area contributed by atoms with Gasteiger partial charge in [0.2, 0.25) is 0 Å². The quantitative estimate of drug-likeness (QED) is 0.504. The fraction of sp³-hybridized carbons (Fsp3) is 0.273. The van der Waals surface area contributed by atoms with Crippen molar-refractivity contribution >= 4 is 38.2 Å². The fourth-order valence-corrected chi connectivity index (χ4v) is 5.68. The summed E-state index contributed by atoms with van der Waals surface area (Å²) in [4.78, 5) is 18.8. The van der Waals surface area contributed by atoms with Gasteiger partial charge in [-0.1, -0.05) is 67.6 Å². The van der Waals surface area contributed by atoms with E-state index in [1.54, 1.807) is 13.8 Å². The van der Waals surface area contributed by atoms with Gasteiger partial charge in [-0.15, -0.1) is 0 Å². The van der Waals surface area contributed by atoms with Crippen LogP contribution in [0.5, 0.6) is 0 Å². The Kier molecular flexibility index (Phi) is 7.42. The third kappa shape index (κ3) is 5.49. The van der Waals surface area contributed by atoms with Crippen molar-refractivity contribution in [2.24, 2.45) is 0 Å². The summed E-state index contributed by atoms with van der Waals surface area (Å²) in [5, 5.41) is 3.24. The lowest BCUT2D eigenvalue weighted by atomic mass is 10.1. The monoisotopic (exact) mass is 458 g/mol. The van der Waals surface area contributed by atoms with E-state index >= 15 is 0 Å². The molecule has 7 nitrogen and oxygen atoms in total. The second-order valence-electron chi connectivity index (χ2n) is 6.90. The Morgan fingerprint density at radius 3 is 2.29 bits per heavy atom. The predicted molar refractivity (Wildman–Crippen MR) is 126 cm³/mol. The maximum Gasteiger partial charge on any atom is 0.328 e.